The number of aromatic nitrogens is 3. The lowest BCUT2D eigenvalue weighted by Gasteiger charge is -2.33. The first-order valence-electron chi connectivity index (χ1n) is 12.4. The van der Waals surface area contributed by atoms with Crippen molar-refractivity contribution < 1.29 is 33.4 Å². The Labute approximate surface area is 224 Å². The molecule has 1 amide bonds. The highest BCUT2D eigenvalue weighted by Crippen LogP contribution is 2.38. The van der Waals surface area contributed by atoms with Crippen molar-refractivity contribution in [1.82, 2.24) is 14.8 Å². The molecule has 0 aliphatic carbocycles. The van der Waals surface area contributed by atoms with Crippen LogP contribution in [0.4, 0.5) is 11.5 Å². The first kappa shape index (κ1) is 28.3. The Morgan fingerprint density at radius 3 is 2.46 bits per heavy atom. The summed E-state index contributed by atoms with van der Waals surface area (Å²) >= 11 is 0. The molecule has 1 aromatic carbocycles. The van der Waals surface area contributed by atoms with E-state index in [9.17, 15) is 23.9 Å². The molecule has 3 N–H and O–H groups in total. The summed E-state index contributed by atoms with van der Waals surface area (Å²) in [4.78, 5) is 51.2. The van der Waals surface area contributed by atoms with Crippen LogP contribution in [0, 0.1) is 5.92 Å². The average molecular weight is 562 g/mol. The lowest BCUT2D eigenvalue weighted by atomic mass is 9.94. The summed E-state index contributed by atoms with van der Waals surface area (Å²) in [6.45, 7) is 0.796. The number of anilines is 2. The topological polar surface area (TPSA) is 165 Å². The minimum Gasteiger partial charge on any atom is -0.493 e. The molecule has 39 heavy (non-hydrogen) atoms. The number of carbonyl (C=O) groups is 1. The zero-order valence-electron chi connectivity index (χ0n) is 22.0. The maximum absolute atomic E-state index is 13.5. The number of benzene rings is 1. The van der Waals surface area contributed by atoms with E-state index >= 15 is 0 Å². The Kier molecular flexibility index (Phi) is 8.73. The predicted octanol–water partition coefficient (Wildman–Crippen LogP) is 2.24. The predicted molar refractivity (Wildman–Crippen MR) is 145 cm³/mol. The van der Waals surface area contributed by atoms with Crippen molar-refractivity contribution in [1.29, 1.82) is 0 Å². The van der Waals surface area contributed by atoms with E-state index in [1.807, 2.05) is 4.90 Å². The van der Waals surface area contributed by atoms with E-state index in [1.165, 1.54) is 27.5 Å². The zero-order chi connectivity index (χ0) is 28.2. The normalized spacial score (nSPS) is 14.3. The molecule has 3 heterocycles. The van der Waals surface area contributed by atoms with Gasteiger partial charge in [-0.05, 0) is 37.3 Å². The van der Waals surface area contributed by atoms with Gasteiger partial charge in [-0.2, -0.15) is 10.1 Å². The molecule has 1 saturated heterocycles. The number of pyridine rings is 1. The van der Waals surface area contributed by atoms with Gasteiger partial charge in [0.15, 0.2) is 11.5 Å². The summed E-state index contributed by atoms with van der Waals surface area (Å²) in [5.41, 5.74) is 0.00365. The van der Waals surface area contributed by atoms with Crippen molar-refractivity contribution in [3.05, 3.63) is 40.8 Å². The van der Waals surface area contributed by atoms with Gasteiger partial charge in [0.25, 0.3) is 5.56 Å². The average Bonchev–Trinajstić information content (AvgIpc) is 2.92. The molecule has 3 aromatic rings. The number of carbonyl (C=O) groups excluding carboxylic acids is 1. The fourth-order valence-electron chi connectivity index (χ4n) is 4.64. The first-order valence-corrected chi connectivity index (χ1v) is 14.2. The highest BCUT2D eigenvalue weighted by Gasteiger charge is 2.26. The molecule has 0 saturated carbocycles. The van der Waals surface area contributed by atoms with Crippen LogP contribution in [0.5, 0.6) is 17.4 Å². The standard InChI is InChI=1S/C25H32N5O8P/c1-36-19-5-4-18(13-20(19)37-2)27-21(31)15-30-25(32)23-17(14-26-30)12-22(38-3)28-24(23)29-9-6-16(7-10-29)8-11-39(33,34)35/h4-5,12-14,16H,6-11,15H2,1-3H3,(H,27,31)(H2,33,34,35). The van der Waals surface area contributed by atoms with Gasteiger partial charge in [-0.3, -0.25) is 14.2 Å². The zero-order valence-corrected chi connectivity index (χ0v) is 22.9. The molecule has 210 valence electrons. The van der Waals surface area contributed by atoms with Crippen LogP contribution >= 0.6 is 7.60 Å². The van der Waals surface area contributed by atoms with E-state index in [0.29, 0.717) is 72.0 Å². The van der Waals surface area contributed by atoms with Gasteiger partial charge < -0.3 is 34.2 Å². The van der Waals surface area contributed by atoms with Crippen LogP contribution in [0.25, 0.3) is 10.8 Å². The van der Waals surface area contributed by atoms with Crippen molar-refractivity contribution in [3.63, 3.8) is 0 Å². The molecule has 0 spiro atoms. The van der Waals surface area contributed by atoms with Gasteiger partial charge in [-0.25, -0.2) is 4.68 Å². The number of amides is 1. The number of methoxy groups -OCH3 is 3. The maximum Gasteiger partial charge on any atom is 0.325 e. The van der Waals surface area contributed by atoms with Crippen LogP contribution in [0.1, 0.15) is 19.3 Å². The van der Waals surface area contributed by atoms with Gasteiger partial charge in [-0.15, -0.1) is 0 Å². The molecule has 2 aromatic heterocycles. The second kappa shape index (κ2) is 12.0. The van der Waals surface area contributed by atoms with E-state index in [-0.39, 0.29) is 18.6 Å². The van der Waals surface area contributed by atoms with E-state index in [4.69, 9.17) is 14.2 Å². The monoisotopic (exact) mass is 561 g/mol. The summed E-state index contributed by atoms with van der Waals surface area (Å²) < 4.78 is 28.2. The largest absolute Gasteiger partial charge is 0.493 e. The summed E-state index contributed by atoms with van der Waals surface area (Å²) in [7, 11) is 0.453. The van der Waals surface area contributed by atoms with Gasteiger partial charge in [-0.1, -0.05) is 0 Å². The summed E-state index contributed by atoms with van der Waals surface area (Å²) in [5, 5.41) is 7.78. The lowest BCUT2D eigenvalue weighted by molar-refractivity contribution is -0.117. The van der Waals surface area contributed by atoms with Crippen molar-refractivity contribution in [2.24, 2.45) is 5.92 Å². The third-order valence-corrected chi connectivity index (χ3v) is 7.55. The molecular weight excluding hydrogens is 529 g/mol. The number of hydrogen-bond donors (Lipinski definition) is 3. The van der Waals surface area contributed by atoms with Crippen LogP contribution in [-0.2, 0) is 15.9 Å². The van der Waals surface area contributed by atoms with Crippen LogP contribution in [0.15, 0.2) is 35.3 Å². The molecular formula is C25H32N5O8P. The van der Waals surface area contributed by atoms with Crippen LogP contribution in [0.2, 0.25) is 0 Å². The minimum atomic E-state index is -4.04. The Hall–Kier alpha value is -3.67. The quantitative estimate of drug-likeness (QED) is 0.311. The fourth-order valence-corrected chi connectivity index (χ4v) is 5.34. The molecule has 1 aliphatic heterocycles. The fraction of sp³-hybridized carbons (Fsp3) is 0.440. The number of nitrogens with zero attached hydrogens (tertiary/aromatic N) is 4. The van der Waals surface area contributed by atoms with E-state index in [1.54, 1.807) is 24.3 Å². The van der Waals surface area contributed by atoms with Gasteiger partial charge in [0.1, 0.15) is 12.4 Å². The molecule has 13 nitrogen and oxygen atoms in total. The van der Waals surface area contributed by atoms with E-state index in [2.05, 4.69) is 15.4 Å². The number of hydrogen-bond acceptors (Lipinski definition) is 9. The lowest BCUT2D eigenvalue weighted by Crippen LogP contribution is -2.36. The first-order chi connectivity index (χ1) is 18.6. The second-order valence-corrected chi connectivity index (χ2v) is 11.1. The van der Waals surface area contributed by atoms with E-state index < -0.39 is 19.1 Å². The summed E-state index contributed by atoms with van der Waals surface area (Å²) in [5.74, 6) is 1.44. The number of nitrogens with one attached hydrogen (secondary N) is 1. The van der Waals surface area contributed by atoms with Gasteiger partial charge in [0.2, 0.25) is 11.8 Å². The van der Waals surface area contributed by atoms with E-state index in [0.717, 1.165) is 4.68 Å². The van der Waals surface area contributed by atoms with Gasteiger partial charge in [0, 0.05) is 36.3 Å². The Morgan fingerprint density at radius 1 is 1.10 bits per heavy atom. The molecule has 0 bridgehead atoms. The van der Waals surface area contributed by atoms with Crippen molar-refractivity contribution in [2.45, 2.75) is 25.8 Å². The Morgan fingerprint density at radius 2 is 1.82 bits per heavy atom. The van der Waals surface area contributed by atoms with Gasteiger partial charge >= 0.3 is 7.60 Å². The van der Waals surface area contributed by atoms with Crippen LogP contribution in [-0.4, -0.2) is 71.0 Å². The maximum atomic E-state index is 13.5. The minimum absolute atomic E-state index is 0.139. The Bertz CT molecular complexity index is 1450. The summed E-state index contributed by atoms with van der Waals surface area (Å²) in [6, 6.07) is 6.56. The third kappa shape index (κ3) is 6.86. The molecule has 1 aliphatic rings. The third-order valence-electron chi connectivity index (χ3n) is 6.70. The number of ether oxygens (including phenoxy) is 3. The molecule has 0 radical (unpaired) electrons. The highest BCUT2D eigenvalue weighted by molar-refractivity contribution is 7.51. The molecule has 14 heteroatoms. The number of rotatable bonds is 10. The SMILES string of the molecule is COc1cc2cnn(CC(=O)Nc3ccc(OC)c(OC)c3)c(=O)c2c(N2CCC(CCP(=O)(O)O)CC2)n1. The highest BCUT2D eigenvalue weighted by atomic mass is 31.2. The van der Waals surface area contributed by atoms with Crippen molar-refractivity contribution >= 4 is 35.8 Å². The molecule has 0 atom stereocenters. The number of fused-ring (bicyclic) bond motifs is 1. The molecule has 0 unspecified atom stereocenters. The van der Waals surface area contributed by atoms with Crippen molar-refractivity contribution in [3.8, 4) is 17.4 Å². The smallest absolute Gasteiger partial charge is 0.325 e. The second-order valence-electron chi connectivity index (χ2n) is 9.29. The van der Waals surface area contributed by atoms with Crippen molar-refractivity contribution in [2.75, 3.05) is 50.8 Å². The molecule has 1 fully saturated rings. The summed E-state index contributed by atoms with van der Waals surface area (Å²) in [6.07, 6.45) is 3.21. The number of piperidine rings is 1. The van der Waals surface area contributed by atoms with Crippen LogP contribution in [0.3, 0.4) is 0 Å². The molecule has 4 rings (SSSR count). The Balaban J connectivity index is 1.56. The van der Waals surface area contributed by atoms with Crippen LogP contribution < -0.4 is 30.0 Å². The van der Waals surface area contributed by atoms with Gasteiger partial charge in [0.05, 0.1) is 39.1 Å².